The highest BCUT2D eigenvalue weighted by atomic mass is 79.9. The topological polar surface area (TPSA) is 55.1 Å². The fourth-order valence-electron chi connectivity index (χ4n) is 2.14. The average Bonchev–Trinajstić information content (AvgIpc) is 2.35. The number of nitrogen functional groups attached to an aromatic ring is 1. The van der Waals surface area contributed by atoms with Gasteiger partial charge >= 0.3 is 0 Å². The van der Waals surface area contributed by atoms with Gasteiger partial charge < -0.3 is 11.1 Å². The highest BCUT2D eigenvalue weighted by molar-refractivity contribution is 9.10. The maximum atomic E-state index is 13.2. The van der Waals surface area contributed by atoms with Gasteiger partial charge in [-0.05, 0) is 40.9 Å². The third kappa shape index (κ3) is 3.93. The van der Waals surface area contributed by atoms with Crippen molar-refractivity contribution < 1.29 is 9.18 Å². The first-order chi connectivity index (χ1) is 8.90. The summed E-state index contributed by atoms with van der Waals surface area (Å²) in [4.78, 5) is 12.2. The average molecular weight is 331 g/mol. The normalized spacial score (nSPS) is 12.5. The number of nitrogens with two attached hydrogens (primary N) is 1. The molecular weight excluding hydrogens is 311 g/mol. The van der Waals surface area contributed by atoms with Gasteiger partial charge in [-0.25, -0.2) is 4.39 Å². The molecule has 0 aliphatic carbocycles. The van der Waals surface area contributed by atoms with E-state index in [1.807, 2.05) is 6.92 Å². The number of amides is 1. The summed E-state index contributed by atoms with van der Waals surface area (Å²) in [5, 5.41) is 2.94. The number of carbonyl (C=O) groups is 1. The Labute approximate surface area is 121 Å². The van der Waals surface area contributed by atoms with Crippen LogP contribution in [0.15, 0.2) is 16.6 Å². The Bertz CT molecular complexity index is 461. The van der Waals surface area contributed by atoms with Gasteiger partial charge in [0.15, 0.2) is 0 Å². The van der Waals surface area contributed by atoms with E-state index in [1.165, 1.54) is 12.1 Å². The summed E-state index contributed by atoms with van der Waals surface area (Å²) in [6, 6.07) is 2.64. The minimum absolute atomic E-state index is 0.0245. The molecule has 0 saturated heterocycles. The van der Waals surface area contributed by atoms with Crippen LogP contribution in [0.1, 0.15) is 44.0 Å². The zero-order chi connectivity index (χ0) is 14.6. The van der Waals surface area contributed by atoms with Gasteiger partial charge in [-0.3, -0.25) is 4.79 Å². The lowest BCUT2D eigenvalue weighted by Gasteiger charge is -2.22. The SMILES string of the molecule is CCC(CC)C(C)NC(=O)c1cc(N)c(F)cc1Br. The first-order valence-electron chi connectivity index (χ1n) is 6.46. The lowest BCUT2D eigenvalue weighted by Crippen LogP contribution is -2.38. The van der Waals surface area contributed by atoms with E-state index in [1.54, 1.807) is 0 Å². The zero-order valence-corrected chi connectivity index (χ0v) is 13.1. The fraction of sp³-hybridized carbons (Fsp3) is 0.500. The van der Waals surface area contributed by atoms with Gasteiger partial charge in [0.1, 0.15) is 5.82 Å². The molecule has 3 nitrogen and oxygen atoms in total. The van der Waals surface area contributed by atoms with Crippen LogP contribution in [0.25, 0.3) is 0 Å². The second-order valence-corrected chi connectivity index (χ2v) is 5.55. The van der Waals surface area contributed by atoms with Crippen LogP contribution in [-0.4, -0.2) is 11.9 Å². The second-order valence-electron chi connectivity index (χ2n) is 4.69. The van der Waals surface area contributed by atoms with Gasteiger partial charge in [-0.2, -0.15) is 0 Å². The molecule has 0 radical (unpaired) electrons. The van der Waals surface area contributed by atoms with Crippen molar-refractivity contribution in [2.24, 2.45) is 5.92 Å². The molecule has 5 heteroatoms. The third-order valence-electron chi connectivity index (χ3n) is 3.45. The molecule has 0 aliphatic heterocycles. The summed E-state index contributed by atoms with van der Waals surface area (Å²) in [6.07, 6.45) is 2.01. The van der Waals surface area contributed by atoms with E-state index < -0.39 is 5.82 Å². The zero-order valence-electron chi connectivity index (χ0n) is 11.5. The molecule has 106 valence electrons. The molecular formula is C14H20BrFN2O. The molecule has 0 heterocycles. The van der Waals surface area contributed by atoms with Crippen LogP contribution >= 0.6 is 15.9 Å². The molecule has 1 aromatic rings. The fourth-order valence-corrected chi connectivity index (χ4v) is 2.63. The van der Waals surface area contributed by atoms with Crippen LogP contribution < -0.4 is 11.1 Å². The molecule has 0 fully saturated rings. The van der Waals surface area contributed by atoms with E-state index >= 15 is 0 Å². The molecule has 0 aliphatic rings. The van der Waals surface area contributed by atoms with Gasteiger partial charge in [0.05, 0.1) is 11.3 Å². The smallest absolute Gasteiger partial charge is 0.252 e. The van der Waals surface area contributed by atoms with Crippen molar-refractivity contribution in [2.45, 2.75) is 39.7 Å². The molecule has 0 bridgehead atoms. The quantitative estimate of drug-likeness (QED) is 0.808. The van der Waals surface area contributed by atoms with Crippen LogP contribution in [-0.2, 0) is 0 Å². The van der Waals surface area contributed by atoms with Crippen LogP contribution in [0.2, 0.25) is 0 Å². The second kappa shape index (κ2) is 6.89. The number of rotatable bonds is 5. The van der Waals surface area contributed by atoms with Crippen molar-refractivity contribution in [3.05, 3.63) is 28.0 Å². The molecule has 1 unspecified atom stereocenters. The molecule has 19 heavy (non-hydrogen) atoms. The Morgan fingerprint density at radius 3 is 2.53 bits per heavy atom. The van der Waals surface area contributed by atoms with Crippen molar-refractivity contribution in [3.8, 4) is 0 Å². The first kappa shape index (κ1) is 16.0. The van der Waals surface area contributed by atoms with Gasteiger partial charge in [0, 0.05) is 10.5 Å². The molecule has 1 aromatic carbocycles. The molecule has 0 aromatic heterocycles. The Hall–Kier alpha value is -1.10. The monoisotopic (exact) mass is 330 g/mol. The maximum Gasteiger partial charge on any atom is 0.252 e. The Kier molecular flexibility index (Phi) is 5.79. The van der Waals surface area contributed by atoms with E-state index in [-0.39, 0.29) is 17.6 Å². The number of hydrogen-bond donors (Lipinski definition) is 2. The summed E-state index contributed by atoms with van der Waals surface area (Å²) >= 11 is 3.19. The van der Waals surface area contributed by atoms with Gasteiger partial charge in [0.25, 0.3) is 5.91 Å². The predicted molar refractivity (Wildman–Crippen MR) is 79.5 cm³/mol. The molecule has 1 amide bonds. The lowest BCUT2D eigenvalue weighted by atomic mass is 9.95. The number of carbonyl (C=O) groups excluding carboxylic acids is 1. The summed E-state index contributed by atoms with van der Waals surface area (Å²) in [6.45, 7) is 6.18. The van der Waals surface area contributed by atoms with Crippen molar-refractivity contribution >= 4 is 27.5 Å². The van der Waals surface area contributed by atoms with E-state index in [2.05, 4.69) is 35.1 Å². The minimum atomic E-state index is -0.531. The van der Waals surface area contributed by atoms with Gasteiger partial charge in [-0.1, -0.05) is 26.7 Å². The highest BCUT2D eigenvalue weighted by Gasteiger charge is 2.19. The third-order valence-corrected chi connectivity index (χ3v) is 4.10. The van der Waals surface area contributed by atoms with Crippen LogP contribution in [0.4, 0.5) is 10.1 Å². The summed E-state index contributed by atoms with van der Waals surface area (Å²) in [7, 11) is 0. The van der Waals surface area contributed by atoms with Crippen LogP contribution in [0.5, 0.6) is 0 Å². The lowest BCUT2D eigenvalue weighted by molar-refractivity contribution is 0.0924. The molecule has 1 atom stereocenters. The highest BCUT2D eigenvalue weighted by Crippen LogP contribution is 2.23. The summed E-state index contributed by atoms with van der Waals surface area (Å²) < 4.78 is 13.6. The standard InChI is InChI=1S/C14H20BrFN2O/c1-4-9(5-2)8(3)18-14(19)10-6-13(17)12(16)7-11(10)15/h6-9H,4-5,17H2,1-3H3,(H,18,19). The number of nitrogens with one attached hydrogen (secondary N) is 1. The number of hydrogen-bond acceptors (Lipinski definition) is 2. The number of anilines is 1. The largest absolute Gasteiger partial charge is 0.396 e. The van der Waals surface area contributed by atoms with Gasteiger partial charge in [0.2, 0.25) is 0 Å². The molecule has 0 saturated carbocycles. The van der Waals surface area contributed by atoms with E-state index in [4.69, 9.17) is 5.73 Å². The maximum absolute atomic E-state index is 13.2. The van der Waals surface area contributed by atoms with Crippen molar-refractivity contribution in [1.82, 2.24) is 5.32 Å². The predicted octanol–water partition coefficient (Wildman–Crippen LogP) is 3.72. The Balaban J connectivity index is 2.87. The van der Waals surface area contributed by atoms with E-state index in [9.17, 15) is 9.18 Å². The van der Waals surface area contributed by atoms with Crippen LogP contribution in [0, 0.1) is 11.7 Å². The Morgan fingerprint density at radius 1 is 1.42 bits per heavy atom. The summed E-state index contributed by atoms with van der Waals surface area (Å²) in [5.41, 5.74) is 5.83. The number of benzene rings is 1. The van der Waals surface area contributed by atoms with Crippen LogP contribution in [0.3, 0.4) is 0 Å². The molecule has 1 rings (SSSR count). The van der Waals surface area contributed by atoms with Crippen molar-refractivity contribution in [2.75, 3.05) is 5.73 Å². The molecule has 0 spiro atoms. The first-order valence-corrected chi connectivity index (χ1v) is 7.25. The number of halogens is 2. The molecule has 3 N–H and O–H groups in total. The van der Waals surface area contributed by atoms with Crippen molar-refractivity contribution in [1.29, 1.82) is 0 Å². The van der Waals surface area contributed by atoms with E-state index in [0.717, 1.165) is 12.8 Å². The van der Waals surface area contributed by atoms with Gasteiger partial charge in [-0.15, -0.1) is 0 Å². The van der Waals surface area contributed by atoms with Crippen molar-refractivity contribution in [3.63, 3.8) is 0 Å². The Morgan fingerprint density at radius 2 is 2.00 bits per heavy atom. The minimum Gasteiger partial charge on any atom is -0.396 e. The summed E-state index contributed by atoms with van der Waals surface area (Å²) in [5.74, 6) is -0.338. The van der Waals surface area contributed by atoms with E-state index in [0.29, 0.717) is 16.0 Å².